The normalized spacial score (nSPS) is 10.2. The molecule has 0 spiro atoms. The third kappa shape index (κ3) is 3.99. The summed E-state index contributed by atoms with van der Waals surface area (Å²) in [6.07, 6.45) is 0. The van der Waals surface area contributed by atoms with E-state index in [9.17, 15) is 0 Å². The van der Waals surface area contributed by atoms with E-state index in [-0.39, 0.29) is 0 Å². The highest BCUT2D eigenvalue weighted by Crippen LogP contribution is 2.33. The molecule has 0 aliphatic heterocycles. The maximum absolute atomic E-state index is 3.67. The highest BCUT2D eigenvalue weighted by Gasteiger charge is 2.14. The monoisotopic (exact) mass is 347 g/mol. The first kappa shape index (κ1) is 16.9. The van der Waals surface area contributed by atoms with Crippen LogP contribution in [0.15, 0.2) is 121 Å². The summed E-state index contributed by atoms with van der Waals surface area (Å²) in [6.45, 7) is 0. The van der Waals surface area contributed by atoms with Gasteiger partial charge in [0.05, 0.1) is 5.70 Å². The summed E-state index contributed by atoms with van der Waals surface area (Å²) in [4.78, 5) is 0. The van der Waals surface area contributed by atoms with E-state index in [1.165, 1.54) is 16.7 Å². The van der Waals surface area contributed by atoms with Gasteiger partial charge in [0, 0.05) is 11.3 Å². The second-order valence-corrected chi connectivity index (χ2v) is 6.34. The summed E-state index contributed by atoms with van der Waals surface area (Å²) in [5.74, 6) is 0. The quantitative estimate of drug-likeness (QED) is 0.395. The van der Waals surface area contributed by atoms with Crippen molar-refractivity contribution >= 4 is 17.0 Å². The van der Waals surface area contributed by atoms with E-state index in [0.29, 0.717) is 0 Å². The predicted molar refractivity (Wildman–Crippen MR) is 115 cm³/mol. The average Bonchev–Trinajstić information content (AvgIpc) is 2.76. The lowest BCUT2D eigenvalue weighted by Gasteiger charge is -2.19. The largest absolute Gasteiger partial charge is 0.355 e. The standard InChI is InChI=1S/C26H21N/c1-5-13-21(14-6-1)25(22-15-7-2-8-16-22)26(23-17-9-3-10-18-23)27-24-19-11-4-12-20-24/h1-20,27H. The Bertz CT molecular complexity index is 963. The summed E-state index contributed by atoms with van der Waals surface area (Å²) in [5, 5.41) is 3.67. The van der Waals surface area contributed by atoms with Gasteiger partial charge in [0.25, 0.3) is 0 Å². The van der Waals surface area contributed by atoms with Crippen LogP contribution in [0.4, 0.5) is 5.69 Å². The summed E-state index contributed by atoms with van der Waals surface area (Å²) >= 11 is 0. The van der Waals surface area contributed by atoms with E-state index in [0.717, 1.165) is 16.9 Å². The first-order chi connectivity index (χ1) is 13.4. The minimum atomic E-state index is 1.07. The minimum Gasteiger partial charge on any atom is -0.355 e. The predicted octanol–water partition coefficient (Wildman–Crippen LogP) is 6.72. The van der Waals surface area contributed by atoms with Gasteiger partial charge < -0.3 is 5.32 Å². The van der Waals surface area contributed by atoms with Gasteiger partial charge in [0.2, 0.25) is 0 Å². The molecule has 0 amide bonds. The van der Waals surface area contributed by atoms with Crippen molar-refractivity contribution in [2.75, 3.05) is 5.32 Å². The van der Waals surface area contributed by atoms with Crippen LogP contribution in [0.1, 0.15) is 16.7 Å². The number of rotatable bonds is 5. The van der Waals surface area contributed by atoms with Crippen LogP contribution in [0.3, 0.4) is 0 Å². The molecule has 0 aromatic heterocycles. The van der Waals surface area contributed by atoms with Crippen molar-refractivity contribution in [3.05, 3.63) is 138 Å². The molecule has 1 N–H and O–H groups in total. The number of anilines is 1. The fraction of sp³-hybridized carbons (Fsp3) is 0. The Labute approximate surface area is 160 Å². The summed E-state index contributed by atoms with van der Waals surface area (Å²) in [5.41, 5.74) is 6.88. The van der Waals surface area contributed by atoms with Crippen LogP contribution in [0, 0.1) is 0 Å². The average molecular weight is 347 g/mol. The van der Waals surface area contributed by atoms with E-state index >= 15 is 0 Å². The van der Waals surface area contributed by atoms with Gasteiger partial charge in [-0.1, -0.05) is 109 Å². The van der Waals surface area contributed by atoms with Gasteiger partial charge in [0.15, 0.2) is 0 Å². The number of para-hydroxylation sites is 1. The van der Waals surface area contributed by atoms with Crippen LogP contribution < -0.4 is 5.32 Å². The third-order valence-corrected chi connectivity index (χ3v) is 4.48. The fourth-order valence-corrected chi connectivity index (χ4v) is 3.21. The van der Waals surface area contributed by atoms with Gasteiger partial charge in [-0.25, -0.2) is 0 Å². The van der Waals surface area contributed by atoms with E-state index in [1.54, 1.807) is 0 Å². The van der Waals surface area contributed by atoms with Crippen LogP contribution in [0.2, 0.25) is 0 Å². The van der Waals surface area contributed by atoms with E-state index in [2.05, 4.69) is 115 Å². The highest BCUT2D eigenvalue weighted by molar-refractivity contribution is 6.02. The zero-order chi connectivity index (χ0) is 18.3. The topological polar surface area (TPSA) is 12.0 Å². The first-order valence-electron chi connectivity index (χ1n) is 9.14. The first-order valence-corrected chi connectivity index (χ1v) is 9.14. The molecule has 1 nitrogen and oxygen atoms in total. The number of benzene rings is 4. The number of hydrogen-bond donors (Lipinski definition) is 1. The summed E-state index contributed by atoms with van der Waals surface area (Å²) in [7, 11) is 0. The summed E-state index contributed by atoms with van der Waals surface area (Å²) < 4.78 is 0. The van der Waals surface area contributed by atoms with E-state index in [1.807, 2.05) is 12.1 Å². The molecule has 0 heterocycles. The van der Waals surface area contributed by atoms with Gasteiger partial charge in [-0.2, -0.15) is 0 Å². The molecule has 0 saturated heterocycles. The third-order valence-electron chi connectivity index (χ3n) is 4.48. The van der Waals surface area contributed by atoms with Crippen molar-refractivity contribution in [1.82, 2.24) is 0 Å². The lowest BCUT2D eigenvalue weighted by Crippen LogP contribution is -2.04. The lowest BCUT2D eigenvalue weighted by molar-refractivity contribution is 1.49. The molecule has 1 heteroatoms. The van der Waals surface area contributed by atoms with Crippen LogP contribution in [0.5, 0.6) is 0 Å². The molecule has 0 bridgehead atoms. The van der Waals surface area contributed by atoms with E-state index in [4.69, 9.17) is 0 Å². The van der Waals surface area contributed by atoms with Gasteiger partial charge >= 0.3 is 0 Å². The number of nitrogens with one attached hydrogen (secondary N) is 1. The van der Waals surface area contributed by atoms with Crippen molar-refractivity contribution in [1.29, 1.82) is 0 Å². The van der Waals surface area contributed by atoms with Crippen LogP contribution in [0.25, 0.3) is 11.3 Å². The SMILES string of the molecule is c1ccc(NC(=C(c2ccccc2)c2ccccc2)c2ccccc2)cc1. The Morgan fingerprint density at radius 2 is 0.778 bits per heavy atom. The zero-order valence-electron chi connectivity index (χ0n) is 15.0. The summed E-state index contributed by atoms with van der Waals surface area (Å²) in [6, 6.07) is 41.9. The van der Waals surface area contributed by atoms with Crippen molar-refractivity contribution in [3.8, 4) is 0 Å². The smallest absolute Gasteiger partial charge is 0.0543 e. The Hall–Kier alpha value is -3.58. The molecule has 0 unspecified atom stereocenters. The molecule has 0 aliphatic rings. The van der Waals surface area contributed by atoms with Crippen LogP contribution in [-0.4, -0.2) is 0 Å². The van der Waals surface area contributed by atoms with Gasteiger partial charge in [-0.05, 0) is 28.8 Å². The Morgan fingerprint density at radius 1 is 0.407 bits per heavy atom. The lowest BCUT2D eigenvalue weighted by atomic mass is 9.93. The van der Waals surface area contributed by atoms with Crippen LogP contribution >= 0.6 is 0 Å². The molecule has 0 saturated carbocycles. The minimum absolute atomic E-state index is 1.07. The maximum Gasteiger partial charge on any atom is 0.0543 e. The van der Waals surface area contributed by atoms with E-state index < -0.39 is 0 Å². The van der Waals surface area contributed by atoms with Gasteiger partial charge in [-0.3, -0.25) is 0 Å². The molecule has 4 aromatic carbocycles. The molecular formula is C26H21N. The molecule has 130 valence electrons. The number of hydrogen-bond acceptors (Lipinski definition) is 1. The van der Waals surface area contributed by atoms with Crippen molar-refractivity contribution in [2.45, 2.75) is 0 Å². The van der Waals surface area contributed by atoms with Gasteiger partial charge in [0.1, 0.15) is 0 Å². The molecular weight excluding hydrogens is 326 g/mol. The molecule has 0 aliphatic carbocycles. The Kier molecular flexibility index (Phi) is 5.12. The molecule has 0 atom stereocenters. The maximum atomic E-state index is 3.67. The second kappa shape index (κ2) is 8.20. The van der Waals surface area contributed by atoms with Gasteiger partial charge in [-0.15, -0.1) is 0 Å². The molecule has 4 rings (SSSR count). The Balaban J connectivity index is 1.97. The second-order valence-electron chi connectivity index (χ2n) is 6.34. The molecule has 0 fully saturated rings. The molecule has 4 aromatic rings. The van der Waals surface area contributed by atoms with Crippen molar-refractivity contribution in [2.24, 2.45) is 0 Å². The van der Waals surface area contributed by atoms with Crippen molar-refractivity contribution in [3.63, 3.8) is 0 Å². The zero-order valence-corrected chi connectivity index (χ0v) is 15.0. The van der Waals surface area contributed by atoms with Crippen molar-refractivity contribution < 1.29 is 0 Å². The van der Waals surface area contributed by atoms with Crippen LogP contribution in [-0.2, 0) is 0 Å². The highest BCUT2D eigenvalue weighted by atomic mass is 14.9. The molecule has 0 radical (unpaired) electrons. The molecule has 27 heavy (non-hydrogen) atoms. The fourth-order valence-electron chi connectivity index (χ4n) is 3.21. The Morgan fingerprint density at radius 3 is 1.22 bits per heavy atom.